The average molecular weight is 401 g/mol. The summed E-state index contributed by atoms with van der Waals surface area (Å²) < 4.78 is 27.8. The first-order chi connectivity index (χ1) is 12.3. The standard InChI is InChI=1S/C19H32N2O3S2/c1-5-6-7-8-16(3)20-19(22)18(13-14-25-4)21-26(23,24)17-11-9-15(2)10-12-17/h9-12,16,18,21H,5-8,13-14H2,1-4H3,(H,20,22). The predicted molar refractivity (Wildman–Crippen MR) is 110 cm³/mol. The van der Waals surface area contributed by atoms with Crippen LogP contribution in [0, 0.1) is 6.92 Å². The number of sulfonamides is 1. The van der Waals surface area contributed by atoms with Gasteiger partial charge in [0, 0.05) is 6.04 Å². The molecule has 0 aliphatic rings. The predicted octanol–water partition coefficient (Wildman–Crippen LogP) is 3.48. The molecule has 1 aromatic rings. The normalized spacial score (nSPS) is 14.0. The second-order valence-corrected chi connectivity index (χ2v) is 9.37. The molecule has 1 aromatic carbocycles. The second-order valence-electron chi connectivity index (χ2n) is 6.67. The minimum Gasteiger partial charge on any atom is -0.352 e. The molecule has 0 bridgehead atoms. The topological polar surface area (TPSA) is 75.3 Å². The molecule has 0 aromatic heterocycles. The Morgan fingerprint density at radius 1 is 1.15 bits per heavy atom. The van der Waals surface area contributed by atoms with Gasteiger partial charge in [-0.25, -0.2) is 8.42 Å². The number of hydrogen-bond donors (Lipinski definition) is 2. The maximum atomic E-state index is 12.6. The second kappa shape index (κ2) is 11.6. The van der Waals surface area contributed by atoms with E-state index in [0.29, 0.717) is 12.2 Å². The molecular weight excluding hydrogens is 368 g/mol. The van der Waals surface area contributed by atoms with Gasteiger partial charge >= 0.3 is 0 Å². The Labute approximate surface area is 162 Å². The van der Waals surface area contributed by atoms with Crippen LogP contribution in [0.15, 0.2) is 29.2 Å². The van der Waals surface area contributed by atoms with E-state index in [1.165, 1.54) is 0 Å². The SMILES string of the molecule is CCCCCC(C)NC(=O)C(CCSC)NS(=O)(=O)c1ccc(C)cc1. The van der Waals surface area contributed by atoms with Crippen LogP contribution in [0.25, 0.3) is 0 Å². The van der Waals surface area contributed by atoms with Crippen LogP contribution >= 0.6 is 11.8 Å². The van der Waals surface area contributed by atoms with Crippen LogP contribution in [0.1, 0.15) is 51.5 Å². The van der Waals surface area contributed by atoms with E-state index in [9.17, 15) is 13.2 Å². The first kappa shape index (κ1) is 23.0. The highest BCUT2D eigenvalue weighted by Crippen LogP contribution is 2.13. The lowest BCUT2D eigenvalue weighted by molar-refractivity contribution is -0.123. The first-order valence-corrected chi connectivity index (χ1v) is 12.1. The van der Waals surface area contributed by atoms with Gasteiger partial charge in [-0.3, -0.25) is 4.79 Å². The first-order valence-electron chi connectivity index (χ1n) is 9.18. The Balaban J connectivity index is 2.78. The van der Waals surface area contributed by atoms with Gasteiger partial charge in [-0.05, 0) is 50.8 Å². The summed E-state index contributed by atoms with van der Waals surface area (Å²) in [6.45, 7) is 6.01. The third kappa shape index (κ3) is 8.10. The van der Waals surface area contributed by atoms with Gasteiger partial charge in [-0.1, -0.05) is 43.9 Å². The third-order valence-corrected chi connectivity index (χ3v) is 6.32. The van der Waals surface area contributed by atoms with E-state index in [2.05, 4.69) is 17.0 Å². The van der Waals surface area contributed by atoms with E-state index in [0.717, 1.165) is 31.2 Å². The van der Waals surface area contributed by atoms with Gasteiger partial charge in [0.25, 0.3) is 0 Å². The molecule has 0 saturated heterocycles. The van der Waals surface area contributed by atoms with Gasteiger partial charge in [0.1, 0.15) is 6.04 Å². The smallest absolute Gasteiger partial charge is 0.241 e. The Kier molecular flexibility index (Phi) is 10.3. The van der Waals surface area contributed by atoms with Crippen molar-refractivity contribution < 1.29 is 13.2 Å². The van der Waals surface area contributed by atoms with Crippen molar-refractivity contribution in [1.82, 2.24) is 10.0 Å². The Morgan fingerprint density at radius 3 is 2.38 bits per heavy atom. The Hall–Kier alpha value is -1.05. The molecule has 1 amide bonds. The van der Waals surface area contributed by atoms with Gasteiger partial charge in [-0.2, -0.15) is 16.5 Å². The molecule has 0 aliphatic carbocycles. The fourth-order valence-corrected chi connectivity index (χ4v) is 4.27. The zero-order valence-electron chi connectivity index (χ0n) is 16.2. The summed E-state index contributed by atoms with van der Waals surface area (Å²) in [5.74, 6) is 0.456. The lowest BCUT2D eigenvalue weighted by Gasteiger charge is -2.21. The number of hydrogen-bond acceptors (Lipinski definition) is 4. The van der Waals surface area contributed by atoms with E-state index in [-0.39, 0.29) is 16.8 Å². The lowest BCUT2D eigenvalue weighted by Crippen LogP contribution is -2.49. The van der Waals surface area contributed by atoms with Crippen LogP contribution in [0.2, 0.25) is 0 Å². The van der Waals surface area contributed by atoms with Crippen LogP contribution in [-0.2, 0) is 14.8 Å². The lowest BCUT2D eigenvalue weighted by atomic mass is 10.1. The molecular formula is C19H32N2O3S2. The summed E-state index contributed by atoms with van der Waals surface area (Å²) in [6, 6.07) is 5.91. The van der Waals surface area contributed by atoms with Crippen molar-refractivity contribution in [3.8, 4) is 0 Å². The van der Waals surface area contributed by atoms with Crippen molar-refractivity contribution in [2.24, 2.45) is 0 Å². The molecule has 2 unspecified atom stereocenters. The van der Waals surface area contributed by atoms with Gasteiger partial charge in [0.05, 0.1) is 4.90 Å². The molecule has 1 rings (SSSR count). The highest BCUT2D eigenvalue weighted by molar-refractivity contribution is 7.98. The minimum absolute atomic E-state index is 0.0368. The molecule has 7 heteroatoms. The van der Waals surface area contributed by atoms with Crippen LogP contribution in [0.5, 0.6) is 0 Å². The van der Waals surface area contributed by atoms with Crippen LogP contribution in [-0.4, -0.2) is 38.4 Å². The summed E-state index contributed by atoms with van der Waals surface area (Å²) in [5.41, 5.74) is 0.988. The summed E-state index contributed by atoms with van der Waals surface area (Å²) in [7, 11) is -3.73. The van der Waals surface area contributed by atoms with Crippen LogP contribution in [0.4, 0.5) is 0 Å². The molecule has 2 atom stereocenters. The fourth-order valence-electron chi connectivity index (χ4n) is 2.57. The minimum atomic E-state index is -3.73. The van der Waals surface area contributed by atoms with Crippen molar-refractivity contribution in [3.63, 3.8) is 0 Å². The number of rotatable bonds is 12. The molecule has 0 radical (unpaired) electrons. The molecule has 0 aliphatic heterocycles. The zero-order valence-corrected chi connectivity index (χ0v) is 17.9. The molecule has 26 heavy (non-hydrogen) atoms. The Morgan fingerprint density at radius 2 is 1.81 bits per heavy atom. The van der Waals surface area contributed by atoms with E-state index >= 15 is 0 Å². The highest BCUT2D eigenvalue weighted by atomic mass is 32.2. The molecule has 0 fully saturated rings. The maximum Gasteiger partial charge on any atom is 0.241 e. The fraction of sp³-hybridized carbons (Fsp3) is 0.632. The number of thioether (sulfide) groups is 1. The monoisotopic (exact) mass is 400 g/mol. The number of carbonyl (C=O) groups is 1. The van der Waals surface area contributed by atoms with Crippen molar-refractivity contribution in [3.05, 3.63) is 29.8 Å². The molecule has 5 nitrogen and oxygen atoms in total. The van der Waals surface area contributed by atoms with E-state index in [1.54, 1.807) is 36.0 Å². The number of benzene rings is 1. The number of amides is 1. The Bertz CT molecular complexity index is 645. The molecule has 0 heterocycles. The highest BCUT2D eigenvalue weighted by Gasteiger charge is 2.26. The number of nitrogens with one attached hydrogen (secondary N) is 2. The molecule has 2 N–H and O–H groups in total. The number of carbonyl (C=O) groups excluding carboxylic acids is 1. The number of unbranched alkanes of at least 4 members (excludes halogenated alkanes) is 2. The largest absolute Gasteiger partial charge is 0.352 e. The van der Waals surface area contributed by atoms with Crippen molar-refractivity contribution in [1.29, 1.82) is 0 Å². The van der Waals surface area contributed by atoms with E-state index < -0.39 is 16.1 Å². The molecule has 0 spiro atoms. The quantitative estimate of drug-likeness (QED) is 0.527. The van der Waals surface area contributed by atoms with Gasteiger partial charge in [0.15, 0.2) is 0 Å². The van der Waals surface area contributed by atoms with Crippen molar-refractivity contribution in [2.45, 2.75) is 69.9 Å². The van der Waals surface area contributed by atoms with Crippen LogP contribution < -0.4 is 10.0 Å². The number of aryl methyl sites for hydroxylation is 1. The average Bonchev–Trinajstić information content (AvgIpc) is 2.59. The zero-order chi connectivity index (χ0) is 19.6. The van der Waals surface area contributed by atoms with E-state index in [1.807, 2.05) is 20.1 Å². The summed E-state index contributed by atoms with van der Waals surface area (Å²) in [4.78, 5) is 12.8. The van der Waals surface area contributed by atoms with E-state index in [4.69, 9.17) is 0 Å². The van der Waals surface area contributed by atoms with Crippen molar-refractivity contribution >= 4 is 27.7 Å². The third-order valence-electron chi connectivity index (χ3n) is 4.19. The van der Waals surface area contributed by atoms with Gasteiger partial charge < -0.3 is 5.32 Å². The maximum absolute atomic E-state index is 12.6. The summed E-state index contributed by atoms with van der Waals surface area (Å²) in [6.07, 6.45) is 6.63. The van der Waals surface area contributed by atoms with Gasteiger partial charge in [-0.15, -0.1) is 0 Å². The molecule has 0 saturated carbocycles. The summed E-state index contributed by atoms with van der Waals surface area (Å²) in [5, 5.41) is 2.96. The van der Waals surface area contributed by atoms with Gasteiger partial charge in [0.2, 0.25) is 15.9 Å². The van der Waals surface area contributed by atoms with Crippen molar-refractivity contribution in [2.75, 3.05) is 12.0 Å². The van der Waals surface area contributed by atoms with Crippen LogP contribution in [0.3, 0.4) is 0 Å². The summed E-state index contributed by atoms with van der Waals surface area (Å²) >= 11 is 1.59. The molecule has 148 valence electrons.